The highest BCUT2D eigenvalue weighted by molar-refractivity contribution is 7.80. The first-order valence-corrected chi connectivity index (χ1v) is 4.93. The van der Waals surface area contributed by atoms with E-state index in [1.807, 2.05) is 18.2 Å². The molecule has 0 aromatic heterocycles. The minimum atomic E-state index is -0.0944. The average molecular weight is 207 g/mol. The maximum atomic E-state index is 10.7. The van der Waals surface area contributed by atoms with E-state index in [9.17, 15) is 4.79 Å². The molecule has 0 aliphatic rings. The number of carbonyl (C=O) groups excluding carboxylic acids is 1. The minimum absolute atomic E-state index is 0.0944. The molecule has 0 spiro atoms. The molecule has 0 atom stereocenters. The molecule has 0 radical (unpaired) electrons. The quantitative estimate of drug-likeness (QED) is 0.769. The summed E-state index contributed by atoms with van der Waals surface area (Å²) in [7, 11) is 0. The molecule has 3 heteroatoms. The second-order valence-electron chi connectivity index (χ2n) is 3.09. The van der Waals surface area contributed by atoms with Crippen LogP contribution in [-0.4, -0.2) is 10.9 Å². The van der Waals surface area contributed by atoms with E-state index < -0.39 is 0 Å². The zero-order valence-corrected chi connectivity index (χ0v) is 8.93. The van der Waals surface area contributed by atoms with Crippen molar-refractivity contribution in [2.45, 2.75) is 19.8 Å². The highest BCUT2D eigenvalue weighted by atomic mass is 32.1. The lowest BCUT2D eigenvalue weighted by Gasteiger charge is -2.03. The number of aryl methyl sites for hydroxylation is 1. The summed E-state index contributed by atoms with van der Waals surface area (Å²) in [6, 6.07) is 10.1. The number of hydrogen-bond donors (Lipinski definition) is 1. The molecule has 2 nitrogen and oxygen atoms in total. The summed E-state index contributed by atoms with van der Waals surface area (Å²) < 4.78 is 0. The number of rotatable bonds is 3. The van der Waals surface area contributed by atoms with Crippen LogP contribution in [0.15, 0.2) is 30.3 Å². The van der Waals surface area contributed by atoms with Crippen LogP contribution < -0.4 is 5.32 Å². The molecule has 74 valence electrons. The third-order valence-corrected chi connectivity index (χ3v) is 2.11. The van der Waals surface area contributed by atoms with Gasteiger partial charge in [0.15, 0.2) is 0 Å². The number of hydrogen-bond acceptors (Lipinski definition) is 2. The Morgan fingerprint density at radius 2 is 2.00 bits per heavy atom. The molecular weight excluding hydrogens is 194 g/mol. The molecule has 14 heavy (non-hydrogen) atoms. The Morgan fingerprint density at radius 1 is 1.36 bits per heavy atom. The second kappa shape index (κ2) is 5.50. The SMILES string of the molecule is CC(=O)NC(=S)CCc1ccccc1. The van der Waals surface area contributed by atoms with Gasteiger partial charge in [0.1, 0.15) is 0 Å². The normalized spacial score (nSPS) is 9.50. The monoisotopic (exact) mass is 207 g/mol. The van der Waals surface area contributed by atoms with Crippen LogP contribution in [-0.2, 0) is 11.2 Å². The number of benzene rings is 1. The largest absolute Gasteiger partial charge is 0.321 e. The number of carbonyl (C=O) groups is 1. The van der Waals surface area contributed by atoms with Crippen LogP contribution in [0, 0.1) is 0 Å². The van der Waals surface area contributed by atoms with Gasteiger partial charge in [-0.2, -0.15) is 0 Å². The van der Waals surface area contributed by atoms with E-state index in [-0.39, 0.29) is 5.91 Å². The zero-order chi connectivity index (χ0) is 10.4. The summed E-state index contributed by atoms with van der Waals surface area (Å²) >= 11 is 5.00. The Balaban J connectivity index is 2.34. The van der Waals surface area contributed by atoms with Gasteiger partial charge in [0, 0.05) is 13.3 Å². The van der Waals surface area contributed by atoms with Crippen molar-refractivity contribution >= 4 is 23.1 Å². The molecule has 1 aromatic carbocycles. The predicted octanol–water partition coefficient (Wildman–Crippen LogP) is 2.08. The molecule has 0 fully saturated rings. The van der Waals surface area contributed by atoms with Crippen LogP contribution in [0.2, 0.25) is 0 Å². The highest BCUT2D eigenvalue weighted by Gasteiger charge is 1.99. The van der Waals surface area contributed by atoms with E-state index in [1.165, 1.54) is 12.5 Å². The molecule has 0 heterocycles. The Labute approximate surface area is 89.3 Å². The van der Waals surface area contributed by atoms with Crippen LogP contribution in [0.5, 0.6) is 0 Å². The molecule has 1 aromatic rings. The lowest BCUT2D eigenvalue weighted by atomic mass is 10.1. The number of amides is 1. The number of thiocarbonyl (C=S) groups is 1. The average Bonchev–Trinajstić information content (AvgIpc) is 2.15. The maximum Gasteiger partial charge on any atom is 0.221 e. The highest BCUT2D eigenvalue weighted by Crippen LogP contribution is 2.02. The fourth-order valence-electron chi connectivity index (χ4n) is 1.16. The van der Waals surface area contributed by atoms with Gasteiger partial charge in [-0.25, -0.2) is 0 Å². The Kier molecular flexibility index (Phi) is 4.26. The van der Waals surface area contributed by atoms with Gasteiger partial charge in [-0.1, -0.05) is 42.5 Å². The first kappa shape index (κ1) is 10.9. The van der Waals surface area contributed by atoms with Crippen molar-refractivity contribution in [2.75, 3.05) is 0 Å². The van der Waals surface area contributed by atoms with Gasteiger partial charge in [-0.05, 0) is 12.0 Å². The van der Waals surface area contributed by atoms with Crippen molar-refractivity contribution in [3.63, 3.8) is 0 Å². The van der Waals surface area contributed by atoms with E-state index in [1.54, 1.807) is 0 Å². The summed E-state index contributed by atoms with van der Waals surface area (Å²) in [6.07, 6.45) is 1.60. The van der Waals surface area contributed by atoms with E-state index in [0.717, 1.165) is 12.8 Å². The van der Waals surface area contributed by atoms with Crippen molar-refractivity contribution in [3.05, 3.63) is 35.9 Å². The number of nitrogens with one attached hydrogen (secondary N) is 1. The summed E-state index contributed by atoms with van der Waals surface area (Å²) in [5.74, 6) is -0.0944. The fraction of sp³-hybridized carbons (Fsp3) is 0.273. The van der Waals surface area contributed by atoms with Crippen molar-refractivity contribution in [1.29, 1.82) is 0 Å². The van der Waals surface area contributed by atoms with Crippen LogP contribution in [0.3, 0.4) is 0 Å². The van der Waals surface area contributed by atoms with E-state index in [2.05, 4.69) is 17.4 Å². The summed E-state index contributed by atoms with van der Waals surface area (Å²) in [5.41, 5.74) is 1.24. The molecule has 0 aliphatic carbocycles. The molecule has 0 unspecified atom stereocenters. The lowest BCUT2D eigenvalue weighted by Crippen LogP contribution is -2.26. The van der Waals surface area contributed by atoms with Gasteiger partial charge in [-0.3, -0.25) is 4.79 Å². The molecule has 0 saturated heterocycles. The van der Waals surface area contributed by atoms with Gasteiger partial charge >= 0.3 is 0 Å². The fourth-order valence-corrected chi connectivity index (χ4v) is 1.41. The standard InChI is InChI=1S/C11H13NOS/c1-9(13)12-11(14)8-7-10-5-3-2-4-6-10/h2-6H,7-8H2,1H3,(H,12,13,14). The van der Waals surface area contributed by atoms with Gasteiger partial charge in [0.25, 0.3) is 0 Å². The van der Waals surface area contributed by atoms with E-state index in [0.29, 0.717) is 4.99 Å². The predicted molar refractivity (Wildman–Crippen MR) is 61.2 cm³/mol. The zero-order valence-electron chi connectivity index (χ0n) is 8.12. The van der Waals surface area contributed by atoms with Gasteiger partial charge in [0.05, 0.1) is 4.99 Å². The Bertz CT molecular complexity index is 321. The van der Waals surface area contributed by atoms with Crippen molar-refractivity contribution in [1.82, 2.24) is 5.32 Å². The topological polar surface area (TPSA) is 29.1 Å². The molecular formula is C11H13NOS. The Morgan fingerprint density at radius 3 is 2.57 bits per heavy atom. The third-order valence-electron chi connectivity index (χ3n) is 1.80. The van der Waals surface area contributed by atoms with E-state index in [4.69, 9.17) is 12.2 Å². The molecule has 0 bridgehead atoms. The van der Waals surface area contributed by atoms with Crippen molar-refractivity contribution < 1.29 is 4.79 Å². The van der Waals surface area contributed by atoms with Crippen LogP contribution in [0.25, 0.3) is 0 Å². The van der Waals surface area contributed by atoms with Gasteiger partial charge < -0.3 is 5.32 Å². The van der Waals surface area contributed by atoms with Crippen molar-refractivity contribution in [3.8, 4) is 0 Å². The minimum Gasteiger partial charge on any atom is -0.321 e. The maximum absolute atomic E-state index is 10.7. The second-order valence-corrected chi connectivity index (χ2v) is 3.58. The Hall–Kier alpha value is -1.22. The first-order valence-electron chi connectivity index (χ1n) is 4.53. The summed E-state index contributed by atoms with van der Waals surface area (Å²) in [5, 5.41) is 2.61. The summed E-state index contributed by atoms with van der Waals surface area (Å²) in [4.78, 5) is 11.3. The molecule has 0 aliphatic heterocycles. The summed E-state index contributed by atoms with van der Waals surface area (Å²) in [6.45, 7) is 1.47. The third kappa shape index (κ3) is 4.14. The molecule has 1 N–H and O–H groups in total. The molecule has 0 saturated carbocycles. The molecule has 1 amide bonds. The molecule has 1 rings (SSSR count). The van der Waals surface area contributed by atoms with Crippen LogP contribution in [0.4, 0.5) is 0 Å². The van der Waals surface area contributed by atoms with Gasteiger partial charge in [0.2, 0.25) is 5.91 Å². The smallest absolute Gasteiger partial charge is 0.221 e. The van der Waals surface area contributed by atoms with Crippen LogP contribution >= 0.6 is 12.2 Å². The van der Waals surface area contributed by atoms with Gasteiger partial charge in [-0.15, -0.1) is 0 Å². The first-order chi connectivity index (χ1) is 6.68. The van der Waals surface area contributed by atoms with E-state index >= 15 is 0 Å². The lowest BCUT2D eigenvalue weighted by molar-refractivity contribution is -0.117. The van der Waals surface area contributed by atoms with Crippen molar-refractivity contribution in [2.24, 2.45) is 0 Å². The van der Waals surface area contributed by atoms with Crippen LogP contribution in [0.1, 0.15) is 18.9 Å².